The molecule has 1 unspecified atom stereocenters. The number of unbranched alkanes of at least 4 members (excludes halogenated alkanes) is 2. The minimum atomic E-state index is -0.670. The Bertz CT molecular complexity index is 290. The van der Waals surface area contributed by atoms with Crippen LogP contribution in [0, 0.1) is 5.92 Å². The van der Waals surface area contributed by atoms with Gasteiger partial charge in [0.25, 0.3) is 0 Å². The highest BCUT2D eigenvalue weighted by Gasteiger charge is 2.26. The van der Waals surface area contributed by atoms with Gasteiger partial charge < -0.3 is 5.11 Å². The molecule has 1 heterocycles. The van der Waals surface area contributed by atoms with Crippen LogP contribution in [-0.2, 0) is 14.4 Å². The molecule has 1 saturated heterocycles. The Balaban J connectivity index is 0.000000327. The van der Waals surface area contributed by atoms with Crippen molar-refractivity contribution in [1.29, 1.82) is 0 Å². The molecule has 1 aliphatic rings. The number of aliphatic carboxylic acids is 1. The standard InChI is InChI=1S/C8H16O2.C4H4ClNO2/c1-3-4-5-6-7(2)8(9)10;5-6-3(7)1-2-4(6)8/h7H,3-6H2,1-2H3,(H,9,10);1-2H2. The van der Waals surface area contributed by atoms with Gasteiger partial charge in [0, 0.05) is 24.6 Å². The number of carboxylic acids is 1. The molecule has 0 saturated carbocycles. The Morgan fingerprint density at radius 1 is 1.33 bits per heavy atom. The van der Waals surface area contributed by atoms with Gasteiger partial charge in [-0.2, -0.15) is 4.42 Å². The van der Waals surface area contributed by atoms with Crippen molar-refractivity contribution < 1.29 is 19.5 Å². The number of carbonyl (C=O) groups is 3. The van der Waals surface area contributed by atoms with Crippen LogP contribution in [0.15, 0.2) is 0 Å². The minimum Gasteiger partial charge on any atom is -0.481 e. The van der Waals surface area contributed by atoms with Crippen molar-refractivity contribution in [3.63, 3.8) is 0 Å². The first-order valence-electron chi connectivity index (χ1n) is 6.14. The number of imide groups is 1. The Kier molecular flexibility index (Phi) is 8.37. The summed E-state index contributed by atoms with van der Waals surface area (Å²) in [5, 5.41) is 8.48. The van der Waals surface area contributed by atoms with Crippen molar-refractivity contribution in [1.82, 2.24) is 4.42 Å². The lowest BCUT2D eigenvalue weighted by Crippen LogP contribution is -2.16. The maximum Gasteiger partial charge on any atom is 0.306 e. The summed E-state index contributed by atoms with van der Waals surface area (Å²) in [5.74, 6) is -1.42. The van der Waals surface area contributed by atoms with Gasteiger partial charge in [0.2, 0.25) is 11.8 Å². The van der Waals surface area contributed by atoms with E-state index >= 15 is 0 Å². The summed E-state index contributed by atoms with van der Waals surface area (Å²) in [6, 6.07) is 0. The van der Waals surface area contributed by atoms with E-state index in [-0.39, 0.29) is 30.6 Å². The molecule has 0 aromatic rings. The van der Waals surface area contributed by atoms with Gasteiger partial charge in [0.05, 0.1) is 5.92 Å². The van der Waals surface area contributed by atoms with Crippen LogP contribution in [0.25, 0.3) is 0 Å². The molecule has 1 aliphatic heterocycles. The second-order valence-corrected chi connectivity index (χ2v) is 4.64. The van der Waals surface area contributed by atoms with E-state index < -0.39 is 5.97 Å². The largest absolute Gasteiger partial charge is 0.481 e. The van der Waals surface area contributed by atoms with Crippen molar-refractivity contribution in [2.75, 3.05) is 0 Å². The predicted molar refractivity (Wildman–Crippen MR) is 67.9 cm³/mol. The van der Waals surface area contributed by atoms with Crippen LogP contribution < -0.4 is 0 Å². The van der Waals surface area contributed by atoms with E-state index in [4.69, 9.17) is 16.9 Å². The first-order valence-corrected chi connectivity index (χ1v) is 6.48. The van der Waals surface area contributed by atoms with Crippen molar-refractivity contribution in [3.05, 3.63) is 0 Å². The van der Waals surface area contributed by atoms with E-state index in [0.29, 0.717) is 4.42 Å². The van der Waals surface area contributed by atoms with Gasteiger partial charge >= 0.3 is 5.97 Å². The third kappa shape index (κ3) is 6.59. The maximum atomic E-state index is 10.4. The molecule has 0 aromatic heterocycles. The smallest absolute Gasteiger partial charge is 0.306 e. The summed E-state index contributed by atoms with van der Waals surface area (Å²) in [4.78, 5) is 31.0. The van der Waals surface area contributed by atoms with Crippen LogP contribution in [0.4, 0.5) is 0 Å². The molecule has 0 bridgehead atoms. The number of nitrogens with zero attached hydrogens (tertiary/aromatic N) is 1. The Morgan fingerprint density at radius 3 is 2.11 bits per heavy atom. The Morgan fingerprint density at radius 2 is 1.83 bits per heavy atom. The number of hydrogen-bond donors (Lipinski definition) is 1. The zero-order valence-electron chi connectivity index (χ0n) is 10.8. The molecule has 2 amide bonds. The monoisotopic (exact) mass is 277 g/mol. The Labute approximate surface area is 112 Å². The molecule has 1 rings (SSSR count). The van der Waals surface area contributed by atoms with Crippen LogP contribution in [0.2, 0.25) is 0 Å². The molecule has 0 radical (unpaired) electrons. The summed E-state index contributed by atoms with van der Waals surface area (Å²) < 4.78 is 0.639. The second-order valence-electron chi connectivity index (χ2n) is 4.30. The zero-order valence-corrected chi connectivity index (χ0v) is 11.6. The Hall–Kier alpha value is -1.10. The van der Waals surface area contributed by atoms with Crippen molar-refractivity contribution >= 4 is 29.6 Å². The van der Waals surface area contributed by atoms with Crippen molar-refractivity contribution in [3.8, 4) is 0 Å². The summed E-state index contributed by atoms with van der Waals surface area (Å²) >= 11 is 5.15. The van der Waals surface area contributed by atoms with Gasteiger partial charge in [-0.15, -0.1) is 0 Å². The highest BCUT2D eigenvalue weighted by molar-refractivity contribution is 6.32. The SMILES string of the molecule is CCCCCC(C)C(=O)O.O=C1CCC(=O)N1Cl. The molecule has 104 valence electrons. The highest BCUT2D eigenvalue weighted by Crippen LogP contribution is 2.12. The molecule has 1 atom stereocenters. The van der Waals surface area contributed by atoms with Crippen molar-refractivity contribution in [2.45, 2.75) is 52.4 Å². The number of carboxylic acid groups (broad SMARTS) is 1. The van der Waals surface area contributed by atoms with Crippen LogP contribution >= 0.6 is 11.8 Å². The third-order valence-corrected chi connectivity index (χ3v) is 3.03. The molecule has 0 spiro atoms. The van der Waals surface area contributed by atoms with E-state index in [2.05, 4.69) is 6.92 Å². The number of amides is 2. The van der Waals surface area contributed by atoms with Gasteiger partial charge in [0.15, 0.2) is 0 Å². The fourth-order valence-corrected chi connectivity index (χ4v) is 1.54. The first kappa shape index (κ1) is 16.9. The molecule has 6 heteroatoms. The molecule has 0 aliphatic carbocycles. The molecule has 5 nitrogen and oxygen atoms in total. The van der Waals surface area contributed by atoms with Crippen LogP contribution in [0.5, 0.6) is 0 Å². The first-order chi connectivity index (χ1) is 8.40. The quantitative estimate of drug-likeness (QED) is 0.476. The van der Waals surface area contributed by atoms with Crippen molar-refractivity contribution in [2.24, 2.45) is 5.92 Å². The average molecular weight is 278 g/mol. The van der Waals surface area contributed by atoms with Crippen LogP contribution in [0.1, 0.15) is 52.4 Å². The normalized spacial score (nSPS) is 16.3. The number of carbonyl (C=O) groups excluding carboxylic acids is 2. The topological polar surface area (TPSA) is 74.7 Å². The van der Waals surface area contributed by atoms with E-state index in [9.17, 15) is 14.4 Å². The van der Waals surface area contributed by atoms with E-state index in [1.165, 1.54) is 0 Å². The van der Waals surface area contributed by atoms with E-state index in [0.717, 1.165) is 25.7 Å². The second kappa shape index (κ2) is 8.91. The molecule has 1 fully saturated rings. The maximum absolute atomic E-state index is 10.4. The molecule has 18 heavy (non-hydrogen) atoms. The van der Waals surface area contributed by atoms with Crippen LogP contribution in [0.3, 0.4) is 0 Å². The lowest BCUT2D eigenvalue weighted by atomic mass is 10.0. The van der Waals surface area contributed by atoms with Gasteiger partial charge in [-0.05, 0) is 6.42 Å². The number of halogens is 1. The summed E-state index contributed by atoms with van der Waals surface area (Å²) in [6.45, 7) is 3.88. The molecular weight excluding hydrogens is 258 g/mol. The zero-order chi connectivity index (χ0) is 14.1. The third-order valence-electron chi connectivity index (χ3n) is 2.65. The highest BCUT2D eigenvalue weighted by atomic mass is 35.5. The fourth-order valence-electron chi connectivity index (χ4n) is 1.37. The molecular formula is C12H20ClNO4. The fraction of sp³-hybridized carbons (Fsp3) is 0.750. The van der Waals surface area contributed by atoms with Gasteiger partial charge in [-0.3, -0.25) is 14.4 Å². The van der Waals surface area contributed by atoms with E-state index in [1.54, 1.807) is 6.92 Å². The molecule has 1 N–H and O–H groups in total. The molecule has 0 aromatic carbocycles. The summed E-state index contributed by atoms with van der Waals surface area (Å²) in [5.41, 5.74) is 0. The van der Waals surface area contributed by atoms with Gasteiger partial charge in [-0.1, -0.05) is 33.1 Å². The summed E-state index contributed by atoms with van der Waals surface area (Å²) in [7, 11) is 0. The average Bonchev–Trinajstić information content (AvgIpc) is 2.61. The van der Waals surface area contributed by atoms with Gasteiger partial charge in [0.1, 0.15) is 0 Å². The summed E-state index contributed by atoms with van der Waals surface area (Å²) in [6.07, 6.45) is 4.71. The number of hydrogen-bond acceptors (Lipinski definition) is 3. The van der Waals surface area contributed by atoms with E-state index in [1.807, 2.05) is 0 Å². The van der Waals surface area contributed by atoms with Crippen LogP contribution in [-0.4, -0.2) is 27.3 Å². The minimum absolute atomic E-state index is 0.161. The lowest BCUT2D eigenvalue weighted by molar-refractivity contribution is -0.141. The number of rotatable bonds is 5. The predicted octanol–water partition coefficient (Wildman–Crippen LogP) is 2.58. The lowest BCUT2D eigenvalue weighted by Gasteiger charge is -2.03. The van der Waals surface area contributed by atoms with Gasteiger partial charge in [-0.25, -0.2) is 0 Å².